The molecule has 0 aliphatic carbocycles. The molecule has 0 atom stereocenters. The SMILES string of the molecule is O=C1NC(=O)c2c1c1c3ccncc3[nH]c1c1c2c2cc(F)c(O)cc2n1CCN1CCOCC1. The first-order valence-electron chi connectivity index (χ1n) is 11.4. The number of ether oxygens (including phenoxy) is 1. The predicted molar refractivity (Wildman–Crippen MR) is 127 cm³/mol. The van der Waals surface area contributed by atoms with Gasteiger partial charge in [-0.1, -0.05) is 0 Å². The van der Waals surface area contributed by atoms with Crippen molar-refractivity contribution in [2.45, 2.75) is 6.54 Å². The standard InChI is InChI=1S/C25H20FN5O4/c26-14-9-13-16(10-17(14)32)31(4-3-30-5-7-35-8-6-30)23-19(13)21-20(24(33)29-25(21)34)18-12-1-2-27-11-15(12)28-22(18)23/h1-2,9-11,28,32H,3-8H2,(H,29,33,34). The number of fused-ring (bicyclic) bond motifs is 10. The Hall–Kier alpha value is -4.02. The van der Waals surface area contributed by atoms with Crippen LogP contribution in [0.3, 0.4) is 0 Å². The number of aromatic hydroxyl groups is 1. The second-order valence-corrected chi connectivity index (χ2v) is 8.98. The molecule has 7 rings (SSSR count). The molecule has 10 heteroatoms. The van der Waals surface area contributed by atoms with Gasteiger partial charge in [-0.3, -0.25) is 24.8 Å². The van der Waals surface area contributed by atoms with E-state index in [0.717, 1.165) is 24.0 Å². The van der Waals surface area contributed by atoms with Gasteiger partial charge in [0.05, 0.1) is 52.6 Å². The average molecular weight is 473 g/mol. The Balaban J connectivity index is 1.63. The third-order valence-corrected chi connectivity index (χ3v) is 7.14. The van der Waals surface area contributed by atoms with Gasteiger partial charge in [0, 0.05) is 60.0 Å². The van der Waals surface area contributed by atoms with Gasteiger partial charge in [0.25, 0.3) is 11.8 Å². The van der Waals surface area contributed by atoms with Crippen molar-refractivity contribution in [2.24, 2.45) is 0 Å². The van der Waals surface area contributed by atoms with Crippen LogP contribution in [0.1, 0.15) is 20.7 Å². The van der Waals surface area contributed by atoms with Gasteiger partial charge in [0.15, 0.2) is 11.6 Å². The molecule has 2 aliphatic rings. The fourth-order valence-corrected chi connectivity index (χ4v) is 5.58. The van der Waals surface area contributed by atoms with Crippen molar-refractivity contribution in [2.75, 3.05) is 32.8 Å². The predicted octanol–water partition coefficient (Wildman–Crippen LogP) is 2.88. The molecular formula is C25H20FN5O4. The number of phenols is 1. The fourth-order valence-electron chi connectivity index (χ4n) is 5.58. The number of pyridine rings is 1. The first-order chi connectivity index (χ1) is 17.0. The molecule has 1 fully saturated rings. The monoisotopic (exact) mass is 473 g/mol. The van der Waals surface area contributed by atoms with E-state index >= 15 is 0 Å². The number of benzene rings is 2. The minimum atomic E-state index is -0.788. The van der Waals surface area contributed by atoms with E-state index in [0.29, 0.717) is 59.0 Å². The number of halogens is 1. The van der Waals surface area contributed by atoms with E-state index in [4.69, 9.17) is 4.74 Å². The number of H-pyrrole nitrogens is 1. The molecule has 1 saturated heterocycles. The van der Waals surface area contributed by atoms with E-state index in [-0.39, 0.29) is 11.1 Å². The largest absolute Gasteiger partial charge is 0.505 e. The van der Waals surface area contributed by atoms with Crippen molar-refractivity contribution in [1.82, 2.24) is 24.8 Å². The maximum atomic E-state index is 14.6. The van der Waals surface area contributed by atoms with Gasteiger partial charge in [-0.2, -0.15) is 0 Å². The highest BCUT2D eigenvalue weighted by Crippen LogP contribution is 2.44. The second-order valence-electron chi connectivity index (χ2n) is 8.98. The van der Waals surface area contributed by atoms with Crippen LogP contribution in [-0.2, 0) is 11.3 Å². The molecule has 35 heavy (non-hydrogen) atoms. The van der Waals surface area contributed by atoms with Crippen LogP contribution in [0.4, 0.5) is 4.39 Å². The van der Waals surface area contributed by atoms with Gasteiger partial charge >= 0.3 is 0 Å². The molecule has 3 aromatic heterocycles. The van der Waals surface area contributed by atoms with E-state index < -0.39 is 23.4 Å². The second kappa shape index (κ2) is 7.24. The number of morpholine rings is 1. The minimum absolute atomic E-state index is 0.232. The van der Waals surface area contributed by atoms with Gasteiger partial charge in [-0.25, -0.2) is 4.39 Å². The van der Waals surface area contributed by atoms with Gasteiger partial charge in [-0.15, -0.1) is 0 Å². The highest BCUT2D eigenvalue weighted by Gasteiger charge is 2.36. The molecule has 5 aromatic rings. The number of amides is 2. The summed E-state index contributed by atoms with van der Waals surface area (Å²) in [5.41, 5.74) is 3.18. The van der Waals surface area contributed by atoms with Crippen LogP contribution in [0.15, 0.2) is 30.6 Å². The lowest BCUT2D eigenvalue weighted by atomic mass is 9.97. The molecule has 0 unspecified atom stereocenters. The van der Waals surface area contributed by atoms with E-state index in [2.05, 4.69) is 20.2 Å². The lowest BCUT2D eigenvalue weighted by molar-refractivity contribution is 0.0366. The summed E-state index contributed by atoms with van der Waals surface area (Å²) in [5.74, 6) is -2.25. The maximum absolute atomic E-state index is 14.6. The van der Waals surface area contributed by atoms with Gasteiger partial charge in [0.2, 0.25) is 0 Å². The molecule has 2 aromatic carbocycles. The van der Waals surface area contributed by atoms with Crippen molar-refractivity contribution >= 4 is 55.4 Å². The number of nitrogens with zero attached hydrogens (tertiary/aromatic N) is 3. The highest BCUT2D eigenvalue weighted by molar-refractivity contribution is 6.39. The third-order valence-electron chi connectivity index (χ3n) is 7.14. The Labute approximate surface area is 197 Å². The number of hydrogen-bond acceptors (Lipinski definition) is 6. The molecule has 5 heterocycles. The van der Waals surface area contributed by atoms with Crippen LogP contribution in [0.5, 0.6) is 5.75 Å². The van der Waals surface area contributed by atoms with Crippen molar-refractivity contribution < 1.29 is 23.8 Å². The Morgan fingerprint density at radius 3 is 2.63 bits per heavy atom. The summed E-state index contributed by atoms with van der Waals surface area (Å²) >= 11 is 0. The summed E-state index contributed by atoms with van der Waals surface area (Å²) in [5, 5.41) is 15.0. The normalized spacial score (nSPS) is 16.7. The van der Waals surface area contributed by atoms with Crippen molar-refractivity contribution in [1.29, 1.82) is 0 Å². The molecule has 0 bridgehead atoms. The molecule has 0 spiro atoms. The molecule has 176 valence electrons. The molecule has 3 N–H and O–H groups in total. The molecule has 0 saturated carbocycles. The van der Waals surface area contributed by atoms with Gasteiger partial charge < -0.3 is 19.4 Å². The van der Waals surface area contributed by atoms with Crippen LogP contribution >= 0.6 is 0 Å². The van der Waals surface area contributed by atoms with Crippen LogP contribution in [-0.4, -0.2) is 69.2 Å². The quantitative estimate of drug-likeness (QED) is 0.348. The molecule has 2 amide bonds. The Morgan fingerprint density at radius 1 is 1.06 bits per heavy atom. The third kappa shape index (κ3) is 2.77. The van der Waals surface area contributed by atoms with Crippen LogP contribution in [0.2, 0.25) is 0 Å². The van der Waals surface area contributed by atoms with Crippen LogP contribution in [0, 0.1) is 5.82 Å². The molecule has 9 nitrogen and oxygen atoms in total. The first kappa shape index (κ1) is 20.4. The molecule has 2 aliphatic heterocycles. The van der Waals surface area contributed by atoms with E-state index in [1.807, 2.05) is 10.6 Å². The number of aromatic amines is 1. The number of aromatic nitrogens is 3. The minimum Gasteiger partial charge on any atom is -0.505 e. The zero-order chi connectivity index (χ0) is 23.8. The lowest BCUT2D eigenvalue weighted by Gasteiger charge is -2.27. The zero-order valence-electron chi connectivity index (χ0n) is 18.5. The Bertz CT molecular complexity index is 1730. The summed E-state index contributed by atoms with van der Waals surface area (Å²) in [6.45, 7) is 4.16. The van der Waals surface area contributed by atoms with Gasteiger partial charge in [0.1, 0.15) is 0 Å². The van der Waals surface area contributed by atoms with Crippen molar-refractivity contribution in [3.8, 4) is 5.75 Å². The number of rotatable bonds is 3. The molecule has 0 radical (unpaired) electrons. The summed E-state index contributed by atoms with van der Waals surface area (Å²) in [7, 11) is 0. The van der Waals surface area contributed by atoms with Crippen molar-refractivity contribution in [3.63, 3.8) is 0 Å². The first-order valence-corrected chi connectivity index (χ1v) is 11.4. The fraction of sp³-hybridized carbons (Fsp3) is 0.240. The number of carbonyl (C=O) groups excluding carboxylic acids is 2. The topological polar surface area (TPSA) is 112 Å². The summed E-state index contributed by atoms with van der Waals surface area (Å²) < 4.78 is 22.1. The van der Waals surface area contributed by atoms with Crippen molar-refractivity contribution in [3.05, 3.63) is 47.5 Å². The Kier molecular flexibility index (Phi) is 4.21. The van der Waals surface area contributed by atoms with Gasteiger partial charge in [-0.05, 0) is 12.1 Å². The summed E-state index contributed by atoms with van der Waals surface area (Å²) in [4.78, 5) is 35.9. The van der Waals surface area contributed by atoms with Crippen LogP contribution in [0.25, 0.3) is 43.6 Å². The summed E-state index contributed by atoms with van der Waals surface area (Å²) in [6, 6.07) is 4.44. The molecular weight excluding hydrogens is 453 g/mol. The number of carbonyl (C=O) groups is 2. The smallest absolute Gasteiger partial charge is 0.259 e. The average Bonchev–Trinajstić information content (AvgIpc) is 3.48. The van der Waals surface area contributed by atoms with E-state index in [1.165, 1.54) is 12.1 Å². The zero-order valence-corrected chi connectivity index (χ0v) is 18.5. The number of nitrogens with one attached hydrogen (secondary N) is 2. The highest BCUT2D eigenvalue weighted by atomic mass is 19.1. The number of phenolic OH excluding ortho intramolecular Hbond substituents is 1. The number of hydrogen-bond donors (Lipinski definition) is 3. The maximum Gasteiger partial charge on any atom is 0.259 e. The van der Waals surface area contributed by atoms with Crippen LogP contribution < -0.4 is 5.32 Å². The van der Waals surface area contributed by atoms with E-state index in [9.17, 15) is 19.1 Å². The van der Waals surface area contributed by atoms with E-state index in [1.54, 1.807) is 12.4 Å². The summed E-state index contributed by atoms with van der Waals surface area (Å²) in [6.07, 6.45) is 3.32. The Morgan fingerprint density at radius 2 is 1.83 bits per heavy atom. The number of imide groups is 1. The lowest BCUT2D eigenvalue weighted by Crippen LogP contribution is -2.38.